The molecule has 1 unspecified atom stereocenters. The molecule has 1 atom stereocenters. The number of carboxylic acids is 1. The molecule has 0 aliphatic heterocycles. The first-order valence-electron chi connectivity index (χ1n) is 8.20. The third-order valence-electron chi connectivity index (χ3n) is 4.49. The van der Waals surface area contributed by atoms with Crippen LogP contribution in [0.3, 0.4) is 0 Å². The first kappa shape index (κ1) is 16.9. The monoisotopic (exact) mass is 361 g/mol. The van der Waals surface area contributed by atoms with E-state index in [4.69, 9.17) is 5.11 Å². The van der Waals surface area contributed by atoms with E-state index < -0.39 is 12.1 Å². The van der Waals surface area contributed by atoms with E-state index in [2.05, 4.69) is 10.1 Å². The van der Waals surface area contributed by atoms with Crippen molar-refractivity contribution in [1.29, 1.82) is 0 Å². The normalized spacial score (nSPS) is 12.4. The van der Waals surface area contributed by atoms with E-state index >= 15 is 0 Å². The number of carboxylic acid groups (broad SMARTS) is 1. The predicted molar refractivity (Wildman–Crippen MR) is 100 cm³/mol. The quantitative estimate of drug-likeness (QED) is 0.580. The summed E-state index contributed by atoms with van der Waals surface area (Å²) in [5.74, 6) is -1.37. The highest BCUT2D eigenvalue weighted by Crippen LogP contribution is 2.23. The lowest BCUT2D eigenvalue weighted by atomic mass is 10.0. The van der Waals surface area contributed by atoms with E-state index in [1.54, 1.807) is 48.4 Å². The molecule has 27 heavy (non-hydrogen) atoms. The van der Waals surface area contributed by atoms with Gasteiger partial charge in [0.1, 0.15) is 0 Å². The number of nitrogens with zero attached hydrogens (tertiary/aromatic N) is 3. The van der Waals surface area contributed by atoms with Crippen molar-refractivity contribution in [2.45, 2.75) is 6.10 Å². The number of aryl methyl sites for hydroxylation is 1. The summed E-state index contributed by atoms with van der Waals surface area (Å²) in [5.41, 5.74) is 2.01. The molecule has 4 aromatic rings. The fraction of sp³-hybridized carbons (Fsp3) is 0.100. The number of benzene rings is 1. The Morgan fingerprint density at radius 1 is 1.07 bits per heavy atom. The smallest absolute Gasteiger partial charge is 0.337 e. The SMILES string of the molecule is Cn1cc(-c2cnc3ccc4ccc(C(O)C(=O)O)cc4c(=O)c3c2)cn1. The van der Waals surface area contributed by atoms with E-state index in [1.807, 2.05) is 6.20 Å². The summed E-state index contributed by atoms with van der Waals surface area (Å²) < 4.78 is 1.66. The Morgan fingerprint density at radius 2 is 1.85 bits per heavy atom. The van der Waals surface area contributed by atoms with E-state index in [-0.39, 0.29) is 11.0 Å². The van der Waals surface area contributed by atoms with Gasteiger partial charge in [-0.15, -0.1) is 0 Å². The first-order valence-corrected chi connectivity index (χ1v) is 8.20. The minimum atomic E-state index is -1.69. The van der Waals surface area contributed by atoms with Crippen LogP contribution in [0.2, 0.25) is 0 Å². The van der Waals surface area contributed by atoms with Gasteiger partial charge in [0, 0.05) is 41.3 Å². The highest BCUT2D eigenvalue weighted by Gasteiger charge is 2.17. The minimum Gasteiger partial charge on any atom is -0.479 e. The average Bonchev–Trinajstić information content (AvgIpc) is 3.05. The molecule has 2 aromatic heterocycles. The van der Waals surface area contributed by atoms with Gasteiger partial charge in [-0.1, -0.05) is 18.2 Å². The lowest BCUT2D eigenvalue weighted by Crippen LogP contribution is -2.11. The van der Waals surface area contributed by atoms with Crippen LogP contribution in [0.15, 0.2) is 59.8 Å². The molecule has 0 saturated heterocycles. The maximum atomic E-state index is 13.1. The van der Waals surface area contributed by atoms with Crippen LogP contribution >= 0.6 is 0 Å². The Labute approximate surface area is 153 Å². The Balaban J connectivity index is 2.00. The molecule has 7 heteroatoms. The van der Waals surface area contributed by atoms with Crippen LogP contribution in [-0.4, -0.2) is 30.9 Å². The first-order chi connectivity index (χ1) is 12.9. The Morgan fingerprint density at radius 3 is 2.56 bits per heavy atom. The molecule has 2 aromatic carbocycles. The maximum Gasteiger partial charge on any atom is 0.337 e. The molecule has 0 radical (unpaired) electrons. The zero-order chi connectivity index (χ0) is 19.1. The second-order valence-corrected chi connectivity index (χ2v) is 6.31. The van der Waals surface area contributed by atoms with Crippen molar-refractivity contribution in [3.63, 3.8) is 0 Å². The highest BCUT2D eigenvalue weighted by molar-refractivity contribution is 5.93. The number of aliphatic hydroxyl groups is 1. The number of rotatable bonds is 3. The van der Waals surface area contributed by atoms with E-state index in [1.165, 1.54) is 12.1 Å². The second-order valence-electron chi connectivity index (χ2n) is 6.31. The number of pyridine rings is 1. The van der Waals surface area contributed by atoms with Gasteiger partial charge in [0.05, 0.1) is 11.7 Å². The lowest BCUT2D eigenvalue weighted by Gasteiger charge is -2.05. The second kappa shape index (κ2) is 6.30. The maximum absolute atomic E-state index is 13.1. The molecule has 0 saturated carbocycles. The molecule has 4 rings (SSSR count). The van der Waals surface area contributed by atoms with Gasteiger partial charge >= 0.3 is 5.97 Å². The molecule has 7 nitrogen and oxygen atoms in total. The zero-order valence-corrected chi connectivity index (χ0v) is 14.3. The Bertz CT molecular complexity index is 1260. The van der Waals surface area contributed by atoms with E-state index in [0.717, 1.165) is 11.1 Å². The average molecular weight is 361 g/mol. The van der Waals surface area contributed by atoms with Crippen molar-refractivity contribution < 1.29 is 15.0 Å². The Hall–Kier alpha value is -3.58. The summed E-state index contributed by atoms with van der Waals surface area (Å²) in [5, 5.41) is 24.3. The number of aliphatic carboxylic acids is 1. The lowest BCUT2D eigenvalue weighted by molar-refractivity contribution is -0.146. The van der Waals surface area contributed by atoms with Crippen molar-refractivity contribution in [2.75, 3.05) is 0 Å². The fourth-order valence-electron chi connectivity index (χ4n) is 3.06. The van der Waals surface area contributed by atoms with Gasteiger partial charge in [0.25, 0.3) is 0 Å². The van der Waals surface area contributed by atoms with Crippen LogP contribution in [0.25, 0.3) is 32.8 Å². The van der Waals surface area contributed by atoms with Crippen LogP contribution in [0.4, 0.5) is 0 Å². The van der Waals surface area contributed by atoms with Crippen molar-refractivity contribution in [2.24, 2.45) is 7.05 Å². The van der Waals surface area contributed by atoms with Gasteiger partial charge in [-0.25, -0.2) is 4.79 Å². The van der Waals surface area contributed by atoms with E-state index in [9.17, 15) is 14.7 Å². The third kappa shape index (κ3) is 2.94. The summed E-state index contributed by atoms with van der Waals surface area (Å²) in [4.78, 5) is 28.6. The minimum absolute atomic E-state index is 0.155. The predicted octanol–water partition coefficient (Wildman–Crippen LogP) is 2.27. The highest BCUT2D eigenvalue weighted by atomic mass is 16.4. The molecule has 0 aliphatic carbocycles. The molecule has 2 heterocycles. The van der Waals surface area contributed by atoms with Gasteiger partial charge in [-0.05, 0) is 29.1 Å². The molecule has 2 N–H and O–H groups in total. The number of fused-ring (bicyclic) bond motifs is 2. The molecule has 0 fully saturated rings. The van der Waals surface area contributed by atoms with Crippen LogP contribution in [0, 0.1) is 0 Å². The number of aliphatic hydroxyl groups excluding tert-OH is 1. The van der Waals surface area contributed by atoms with Crippen molar-refractivity contribution in [3.05, 3.63) is 70.8 Å². The number of carbonyl (C=O) groups is 1. The summed E-state index contributed by atoms with van der Waals surface area (Å²) in [6, 6.07) is 9.80. The van der Waals surface area contributed by atoms with Crippen LogP contribution < -0.4 is 5.43 Å². The van der Waals surface area contributed by atoms with Crippen LogP contribution in [-0.2, 0) is 11.8 Å². The molecular weight excluding hydrogens is 346 g/mol. The molecule has 134 valence electrons. The zero-order valence-electron chi connectivity index (χ0n) is 14.3. The number of aromatic nitrogens is 3. The topological polar surface area (TPSA) is 105 Å². The molecule has 0 aliphatic rings. The largest absolute Gasteiger partial charge is 0.479 e. The van der Waals surface area contributed by atoms with Gasteiger partial charge < -0.3 is 10.2 Å². The summed E-state index contributed by atoms with van der Waals surface area (Å²) in [6.07, 6.45) is 3.52. The Kier molecular flexibility index (Phi) is 3.93. The van der Waals surface area contributed by atoms with Gasteiger partial charge in [0.15, 0.2) is 11.5 Å². The van der Waals surface area contributed by atoms with Gasteiger partial charge in [0.2, 0.25) is 0 Å². The molecule has 0 spiro atoms. The molecule has 0 bridgehead atoms. The summed E-state index contributed by atoms with van der Waals surface area (Å²) in [6.45, 7) is 0. The van der Waals surface area contributed by atoms with Crippen LogP contribution in [0.1, 0.15) is 11.7 Å². The van der Waals surface area contributed by atoms with Crippen LogP contribution in [0.5, 0.6) is 0 Å². The van der Waals surface area contributed by atoms with Crippen molar-refractivity contribution in [3.8, 4) is 11.1 Å². The summed E-state index contributed by atoms with van der Waals surface area (Å²) in [7, 11) is 1.81. The van der Waals surface area contributed by atoms with E-state index in [0.29, 0.717) is 21.7 Å². The van der Waals surface area contributed by atoms with Gasteiger partial charge in [-0.3, -0.25) is 14.5 Å². The molecule has 0 amide bonds. The number of hydrogen-bond donors (Lipinski definition) is 2. The van der Waals surface area contributed by atoms with Gasteiger partial charge in [-0.2, -0.15) is 5.10 Å². The van der Waals surface area contributed by atoms with Crippen molar-refractivity contribution >= 4 is 27.6 Å². The standard InChI is InChI=1S/C20H15N3O4/c1-23-10-14(9-22-23)13-7-16-17(21-8-13)5-4-11-2-3-12(18(24)20(26)27)6-15(11)19(16)25/h2-10,18,24H,1H3,(H,26,27). The summed E-state index contributed by atoms with van der Waals surface area (Å²) >= 11 is 0. The van der Waals surface area contributed by atoms with Crippen molar-refractivity contribution in [1.82, 2.24) is 14.8 Å². The third-order valence-corrected chi connectivity index (χ3v) is 4.49. The fourth-order valence-corrected chi connectivity index (χ4v) is 3.06. The number of hydrogen-bond acceptors (Lipinski definition) is 5. The molecular formula is C20H15N3O4.